The summed E-state index contributed by atoms with van der Waals surface area (Å²) in [6.07, 6.45) is 1.64. The van der Waals surface area contributed by atoms with Crippen LogP contribution in [0.5, 0.6) is 0 Å². The summed E-state index contributed by atoms with van der Waals surface area (Å²) < 4.78 is 97.1. The molecule has 0 saturated heterocycles. The third kappa shape index (κ3) is 4.82. The molecule has 0 radical (unpaired) electrons. The van der Waals surface area contributed by atoms with Gasteiger partial charge in [0.25, 0.3) is 0 Å². The summed E-state index contributed by atoms with van der Waals surface area (Å²) in [7, 11) is 0. The van der Waals surface area contributed by atoms with Crippen molar-refractivity contribution in [1.29, 1.82) is 0 Å². The second-order valence-corrected chi connectivity index (χ2v) is 15.3. The monoisotopic (exact) mass is 775 g/mol. The van der Waals surface area contributed by atoms with Crippen molar-refractivity contribution in [2.75, 3.05) is 4.90 Å². The van der Waals surface area contributed by atoms with E-state index in [4.69, 9.17) is 12.6 Å². The van der Waals surface area contributed by atoms with Crippen molar-refractivity contribution in [3.05, 3.63) is 281 Å². The lowest BCUT2D eigenvalue weighted by atomic mass is 9.67. The number of benzene rings is 9. The largest absolute Gasteiger partial charge is 0.464 e. The lowest BCUT2D eigenvalue weighted by Crippen LogP contribution is -2.28. The number of hydrogen-bond donors (Lipinski definition) is 0. The molecule has 0 aliphatic heterocycles. The quantitative estimate of drug-likeness (QED) is 0.160. The SMILES string of the molecule is [2H]c1c([2H])c([2H])c(C2(c3c([2H])c([2H])c([2H])c([2H])c3[2H])c3ccccc3-c3ccc(N(c4ccc5c(c4)-c4ccccc4C5(c4ccccc4)c4ccccc4)c4ccc5occc5c4)cc32)c([2H])c1[2H]. The van der Waals surface area contributed by atoms with E-state index in [0.29, 0.717) is 33.5 Å². The average molecular weight is 776 g/mol. The Labute approximate surface area is 364 Å². The summed E-state index contributed by atoms with van der Waals surface area (Å²) in [5.74, 6) is 0. The molecule has 12 rings (SSSR count). The molecule has 9 aromatic carbocycles. The second kappa shape index (κ2) is 13.4. The van der Waals surface area contributed by atoms with Crippen LogP contribution in [-0.2, 0) is 10.8 Å². The predicted molar refractivity (Wildman–Crippen MR) is 246 cm³/mol. The fourth-order valence-electron chi connectivity index (χ4n) is 10.1. The van der Waals surface area contributed by atoms with Crippen LogP contribution in [0.3, 0.4) is 0 Å². The maximum Gasteiger partial charge on any atom is 0.133 e. The molecule has 1 heterocycles. The lowest BCUT2D eigenvalue weighted by molar-refractivity contribution is 0.616. The zero-order chi connectivity index (χ0) is 48.4. The van der Waals surface area contributed by atoms with Crippen LogP contribution in [0.15, 0.2) is 241 Å². The number of hydrogen-bond acceptors (Lipinski definition) is 2. The van der Waals surface area contributed by atoms with Gasteiger partial charge < -0.3 is 9.32 Å². The molecule has 2 aliphatic carbocycles. The summed E-state index contributed by atoms with van der Waals surface area (Å²) >= 11 is 0. The molecule has 282 valence electrons. The van der Waals surface area contributed by atoms with Crippen molar-refractivity contribution in [1.82, 2.24) is 0 Å². The van der Waals surface area contributed by atoms with Crippen molar-refractivity contribution in [2.45, 2.75) is 10.8 Å². The average Bonchev–Trinajstić information content (AvgIpc) is 4.07. The van der Waals surface area contributed by atoms with E-state index >= 15 is 0 Å². The highest BCUT2D eigenvalue weighted by Crippen LogP contribution is 2.59. The van der Waals surface area contributed by atoms with E-state index in [-0.39, 0.29) is 11.1 Å². The van der Waals surface area contributed by atoms with Crippen LogP contribution in [-0.4, -0.2) is 0 Å². The first-order chi connectivity index (χ1) is 33.9. The Morgan fingerprint density at radius 1 is 0.367 bits per heavy atom. The molecule has 0 spiro atoms. The summed E-state index contributed by atoms with van der Waals surface area (Å²) in [4.78, 5) is 2.10. The van der Waals surface area contributed by atoms with Crippen molar-refractivity contribution in [2.24, 2.45) is 0 Å². The van der Waals surface area contributed by atoms with Crippen LogP contribution >= 0.6 is 0 Å². The zero-order valence-electron chi connectivity index (χ0n) is 42.1. The molecular formula is C58H39NO. The Morgan fingerprint density at radius 3 is 1.50 bits per heavy atom. The van der Waals surface area contributed by atoms with Crippen LogP contribution in [0.1, 0.15) is 58.2 Å². The Hall–Kier alpha value is -7.68. The van der Waals surface area contributed by atoms with E-state index in [1.807, 2.05) is 66.7 Å². The first-order valence-corrected chi connectivity index (χ1v) is 19.9. The molecular weight excluding hydrogens is 727 g/mol. The Bertz CT molecular complexity index is 3650. The van der Waals surface area contributed by atoms with Crippen LogP contribution in [0.4, 0.5) is 17.1 Å². The summed E-state index contributed by atoms with van der Waals surface area (Å²) in [5, 5.41) is 0.849. The lowest BCUT2D eigenvalue weighted by Gasteiger charge is -2.35. The standard InChI is InChI=1S/C58H39NO/c1-5-17-41(18-6-1)57(42-19-7-2-8-20-42)53-28-16-14-26-49(53)51-38-46(30-33-54(51)57)59(45-31-34-56-40(37-45)35-36-60-56)47-29-32-50-48-25-13-15-27-52(48)58(55(50)39-47,43-21-9-3-10-22-43)44-23-11-4-12-24-44/h1-39H/i3D,4D,9D,10D,11D,12D,21D,22D,23D,24D. The number of furan rings is 1. The molecule has 60 heavy (non-hydrogen) atoms. The van der Waals surface area contributed by atoms with Gasteiger partial charge in [-0.15, -0.1) is 0 Å². The van der Waals surface area contributed by atoms with Gasteiger partial charge in [0.2, 0.25) is 0 Å². The first kappa shape index (κ1) is 25.6. The van der Waals surface area contributed by atoms with Crippen LogP contribution < -0.4 is 4.90 Å². The van der Waals surface area contributed by atoms with Crippen LogP contribution in [0.25, 0.3) is 33.2 Å². The summed E-state index contributed by atoms with van der Waals surface area (Å²) in [6, 6.07) is 50.9. The van der Waals surface area contributed by atoms with Crippen LogP contribution in [0, 0.1) is 0 Å². The third-order valence-electron chi connectivity index (χ3n) is 12.4. The molecule has 0 N–H and O–H groups in total. The molecule has 0 unspecified atom stereocenters. The molecule has 0 saturated carbocycles. The Balaban J connectivity index is 1.18. The minimum absolute atomic E-state index is 0.223. The smallest absolute Gasteiger partial charge is 0.133 e. The van der Waals surface area contributed by atoms with Crippen molar-refractivity contribution in [3.63, 3.8) is 0 Å². The maximum absolute atomic E-state index is 9.56. The van der Waals surface area contributed by atoms with Gasteiger partial charge in [-0.1, -0.05) is 182 Å². The van der Waals surface area contributed by atoms with E-state index in [2.05, 4.69) is 95.9 Å². The highest BCUT2D eigenvalue weighted by molar-refractivity contribution is 5.94. The topological polar surface area (TPSA) is 16.4 Å². The fraction of sp³-hybridized carbons (Fsp3) is 0.0345. The second-order valence-electron chi connectivity index (χ2n) is 15.3. The number of nitrogens with zero attached hydrogens (tertiary/aromatic N) is 1. The Kier molecular flexibility index (Phi) is 5.74. The summed E-state index contributed by atoms with van der Waals surface area (Å²) in [5.41, 5.74) is 8.34. The zero-order valence-corrected chi connectivity index (χ0v) is 32.1. The van der Waals surface area contributed by atoms with Crippen LogP contribution in [0.2, 0.25) is 0 Å². The molecule has 0 bridgehead atoms. The van der Waals surface area contributed by atoms with Gasteiger partial charge in [0.15, 0.2) is 0 Å². The van der Waals surface area contributed by atoms with Gasteiger partial charge in [-0.3, -0.25) is 0 Å². The number of anilines is 3. The van der Waals surface area contributed by atoms with Gasteiger partial charge in [0.1, 0.15) is 5.58 Å². The molecule has 10 aromatic rings. The minimum atomic E-state index is -2.01. The number of fused-ring (bicyclic) bond motifs is 7. The highest BCUT2D eigenvalue weighted by Gasteiger charge is 2.48. The molecule has 0 atom stereocenters. The molecule has 0 amide bonds. The Morgan fingerprint density at radius 2 is 0.850 bits per heavy atom. The van der Waals surface area contributed by atoms with Gasteiger partial charge in [0, 0.05) is 22.4 Å². The molecule has 2 nitrogen and oxygen atoms in total. The minimum Gasteiger partial charge on any atom is -0.464 e. The van der Waals surface area contributed by atoms with Gasteiger partial charge >= 0.3 is 0 Å². The van der Waals surface area contributed by atoms with Crippen molar-refractivity contribution < 1.29 is 18.1 Å². The molecule has 2 aliphatic rings. The van der Waals surface area contributed by atoms with Gasteiger partial charge in [0.05, 0.1) is 30.8 Å². The van der Waals surface area contributed by atoms with E-state index in [1.54, 1.807) is 18.4 Å². The number of rotatable bonds is 7. The normalized spacial score (nSPS) is 16.3. The fourth-order valence-corrected chi connectivity index (χ4v) is 10.1. The third-order valence-corrected chi connectivity index (χ3v) is 12.4. The van der Waals surface area contributed by atoms with E-state index in [0.717, 1.165) is 50.1 Å². The van der Waals surface area contributed by atoms with Gasteiger partial charge in [-0.25, -0.2) is 0 Å². The van der Waals surface area contributed by atoms with Crippen molar-refractivity contribution in [3.8, 4) is 22.3 Å². The van der Waals surface area contributed by atoms with Gasteiger partial charge in [-0.05, 0) is 115 Å². The molecule has 2 heteroatoms. The van der Waals surface area contributed by atoms with Crippen molar-refractivity contribution >= 4 is 28.0 Å². The molecule has 1 aromatic heterocycles. The first-order valence-electron chi connectivity index (χ1n) is 24.9. The molecule has 0 fully saturated rings. The maximum atomic E-state index is 9.56. The predicted octanol–water partition coefficient (Wildman–Crippen LogP) is 14.6. The van der Waals surface area contributed by atoms with E-state index < -0.39 is 71.3 Å². The highest BCUT2D eigenvalue weighted by atomic mass is 16.3. The van der Waals surface area contributed by atoms with E-state index in [1.165, 1.54) is 0 Å². The van der Waals surface area contributed by atoms with Gasteiger partial charge in [-0.2, -0.15) is 0 Å². The summed E-state index contributed by atoms with van der Waals surface area (Å²) in [6.45, 7) is 0. The van der Waals surface area contributed by atoms with E-state index in [9.17, 15) is 5.48 Å².